The summed E-state index contributed by atoms with van der Waals surface area (Å²) in [4.78, 5) is 21.1. The molecule has 0 saturated heterocycles. The Hall–Kier alpha value is -4.26. The average Bonchev–Trinajstić information content (AvgIpc) is 3.33. The van der Waals surface area contributed by atoms with Crippen molar-refractivity contribution in [2.24, 2.45) is 0 Å². The Morgan fingerprint density at radius 1 is 1.03 bits per heavy atom. The lowest BCUT2D eigenvalue weighted by Crippen LogP contribution is -2.16. The molecule has 5 aromatic rings. The van der Waals surface area contributed by atoms with Gasteiger partial charge >= 0.3 is 5.97 Å². The van der Waals surface area contributed by atoms with E-state index in [9.17, 15) is 9.90 Å². The molecule has 4 heterocycles. The van der Waals surface area contributed by atoms with Gasteiger partial charge in [0.2, 0.25) is 0 Å². The molecule has 3 aromatic heterocycles. The molecule has 0 spiro atoms. The molecular weight excluding hydrogens is 450 g/mol. The summed E-state index contributed by atoms with van der Waals surface area (Å²) < 4.78 is 1.77. The van der Waals surface area contributed by atoms with Crippen molar-refractivity contribution in [1.82, 2.24) is 19.7 Å². The van der Waals surface area contributed by atoms with E-state index in [1.54, 1.807) is 10.9 Å². The van der Waals surface area contributed by atoms with Crippen molar-refractivity contribution in [3.05, 3.63) is 95.4 Å². The molecule has 1 aliphatic rings. The van der Waals surface area contributed by atoms with E-state index >= 15 is 0 Å². The molecule has 1 unspecified atom stereocenters. The number of hydrogen-bond donors (Lipinski definition) is 2. The molecule has 1 aliphatic heterocycles. The van der Waals surface area contributed by atoms with Crippen LogP contribution in [0.1, 0.15) is 41.3 Å². The number of aliphatic carboxylic acids is 1. The number of anilines is 1. The Morgan fingerprint density at radius 3 is 2.86 bits per heavy atom. The fourth-order valence-electron chi connectivity index (χ4n) is 4.98. The predicted octanol–water partition coefficient (Wildman–Crippen LogP) is 5.19. The van der Waals surface area contributed by atoms with Gasteiger partial charge in [0.1, 0.15) is 5.82 Å². The van der Waals surface area contributed by atoms with E-state index < -0.39 is 12.0 Å². The molecule has 0 amide bonds. The topological polar surface area (TPSA) is 92.9 Å². The molecule has 7 heteroatoms. The van der Waals surface area contributed by atoms with Crippen LogP contribution >= 0.6 is 0 Å². The maximum atomic E-state index is 11.7. The van der Waals surface area contributed by atoms with Gasteiger partial charge in [0.15, 0.2) is 0 Å². The number of pyridine rings is 2. The number of rotatable bonds is 7. The first-order valence-corrected chi connectivity index (χ1v) is 12.4. The molecule has 1 atom stereocenters. The second kappa shape index (κ2) is 9.41. The van der Waals surface area contributed by atoms with Gasteiger partial charge in [-0.05, 0) is 66.6 Å². The highest BCUT2D eigenvalue weighted by molar-refractivity contribution is 5.80. The highest BCUT2D eigenvalue weighted by Crippen LogP contribution is 2.27. The van der Waals surface area contributed by atoms with Gasteiger partial charge in [0.25, 0.3) is 0 Å². The summed E-state index contributed by atoms with van der Waals surface area (Å²) in [5, 5.41) is 19.8. The van der Waals surface area contributed by atoms with E-state index in [0.29, 0.717) is 0 Å². The molecule has 0 aliphatic carbocycles. The minimum atomic E-state index is -0.875. The normalized spacial score (nSPS) is 13.9. The quantitative estimate of drug-likeness (QED) is 0.335. The number of benzene rings is 2. The summed E-state index contributed by atoms with van der Waals surface area (Å²) in [6, 6.07) is 20.0. The van der Waals surface area contributed by atoms with Gasteiger partial charge in [-0.1, -0.05) is 36.4 Å². The molecule has 7 nitrogen and oxygen atoms in total. The highest BCUT2D eigenvalue weighted by atomic mass is 16.4. The van der Waals surface area contributed by atoms with Gasteiger partial charge < -0.3 is 10.4 Å². The lowest BCUT2D eigenvalue weighted by Gasteiger charge is -2.17. The molecule has 0 radical (unpaired) electrons. The van der Waals surface area contributed by atoms with Gasteiger partial charge in [-0.3, -0.25) is 14.5 Å². The van der Waals surface area contributed by atoms with Crippen molar-refractivity contribution >= 4 is 33.6 Å². The van der Waals surface area contributed by atoms with Crippen LogP contribution in [0.2, 0.25) is 0 Å². The van der Waals surface area contributed by atoms with Crippen molar-refractivity contribution in [3.63, 3.8) is 0 Å². The lowest BCUT2D eigenvalue weighted by atomic mass is 10.0. The molecular formula is C29H27N5O2. The van der Waals surface area contributed by atoms with Crippen molar-refractivity contribution in [2.75, 3.05) is 11.9 Å². The number of carbonyl (C=O) groups is 1. The zero-order chi connectivity index (χ0) is 24.5. The van der Waals surface area contributed by atoms with Crippen LogP contribution < -0.4 is 5.32 Å². The fourth-order valence-corrected chi connectivity index (χ4v) is 4.98. The summed E-state index contributed by atoms with van der Waals surface area (Å²) >= 11 is 0. The summed E-state index contributed by atoms with van der Waals surface area (Å²) in [6.07, 6.45) is 7.58. The minimum absolute atomic E-state index is 0.0705. The Labute approximate surface area is 208 Å². The Balaban J connectivity index is 1.26. The summed E-state index contributed by atoms with van der Waals surface area (Å²) in [7, 11) is 0. The Morgan fingerprint density at radius 2 is 1.94 bits per heavy atom. The van der Waals surface area contributed by atoms with Crippen LogP contribution in [-0.4, -0.2) is 37.4 Å². The molecule has 6 rings (SSSR count). The number of hydrogen-bond acceptors (Lipinski definition) is 5. The number of nitrogens with one attached hydrogen (secondary N) is 1. The smallest absolute Gasteiger partial charge is 0.305 e. The summed E-state index contributed by atoms with van der Waals surface area (Å²) in [5.74, 6) is 0.154. The maximum absolute atomic E-state index is 11.7. The van der Waals surface area contributed by atoms with Crippen LogP contribution in [0.5, 0.6) is 0 Å². The monoisotopic (exact) mass is 477 g/mol. The number of para-hydroxylation sites is 1. The van der Waals surface area contributed by atoms with Crippen LogP contribution in [0, 0.1) is 0 Å². The standard InChI is InChI=1S/C29H27N5O2/c35-28(36)16-27(23-15-21-4-1-2-6-25(21)31-17-23)34-18-22-9-7-19(14-26(22)33-34)8-11-24-12-10-20-5-3-13-30-29(20)32-24/h1-2,4,6-7,9-10,12,14-15,17-18,27H,3,5,8,11,13,16H2,(H,30,32)(H,35,36). The third kappa shape index (κ3) is 4.52. The molecule has 0 fully saturated rings. The van der Waals surface area contributed by atoms with Crippen LogP contribution in [0.4, 0.5) is 5.82 Å². The zero-order valence-corrected chi connectivity index (χ0v) is 19.9. The largest absolute Gasteiger partial charge is 0.481 e. The zero-order valence-electron chi connectivity index (χ0n) is 19.9. The second-order valence-corrected chi connectivity index (χ2v) is 9.42. The fraction of sp³-hybridized carbons (Fsp3) is 0.241. The first-order valence-electron chi connectivity index (χ1n) is 12.4. The maximum Gasteiger partial charge on any atom is 0.305 e. The number of aromatic nitrogens is 4. The van der Waals surface area contributed by atoms with E-state index in [2.05, 4.69) is 40.6 Å². The Bertz CT molecular complexity index is 1580. The molecule has 180 valence electrons. The predicted molar refractivity (Wildman–Crippen MR) is 140 cm³/mol. The molecule has 0 bridgehead atoms. The van der Waals surface area contributed by atoms with Crippen LogP contribution in [0.25, 0.3) is 21.8 Å². The number of nitrogens with zero attached hydrogens (tertiary/aromatic N) is 4. The Kier molecular flexibility index (Phi) is 5.81. The third-order valence-corrected chi connectivity index (χ3v) is 6.89. The van der Waals surface area contributed by atoms with E-state index in [4.69, 9.17) is 10.1 Å². The first kappa shape index (κ1) is 22.2. The molecule has 0 saturated carbocycles. The summed E-state index contributed by atoms with van der Waals surface area (Å²) in [6.45, 7) is 0.987. The average molecular weight is 478 g/mol. The molecule has 36 heavy (non-hydrogen) atoms. The highest BCUT2D eigenvalue weighted by Gasteiger charge is 2.20. The van der Waals surface area contributed by atoms with Crippen LogP contribution in [0.3, 0.4) is 0 Å². The summed E-state index contributed by atoms with van der Waals surface area (Å²) in [5.41, 5.74) is 6.14. The number of carboxylic acids is 1. The van der Waals surface area contributed by atoms with Gasteiger partial charge in [0.05, 0.1) is 23.5 Å². The first-order chi connectivity index (χ1) is 17.6. The lowest BCUT2D eigenvalue weighted by molar-refractivity contribution is -0.137. The van der Waals surface area contributed by atoms with E-state index in [1.165, 1.54) is 11.1 Å². The second-order valence-electron chi connectivity index (χ2n) is 9.42. The van der Waals surface area contributed by atoms with E-state index in [0.717, 1.165) is 71.1 Å². The van der Waals surface area contributed by atoms with E-state index in [1.807, 2.05) is 36.5 Å². The van der Waals surface area contributed by atoms with Crippen molar-refractivity contribution in [3.8, 4) is 0 Å². The van der Waals surface area contributed by atoms with Crippen molar-refractivity contribution < 1.29 is 9.90 Å². The van der Waals surface area contributed by atoms with Crippen LogP contribution in [-0.2, 0) is 24.1 Å². The van der Waals surface area contributed by atoms with Crippen molar-refractivity contribution in [1.29, 1.82) is 0 Å². The van der Waals surface area contributed by atoms with Gasteiger partial charge in [-0.25, -0.2) is 4.98 Å². The van der Waals surface area contributed by atoms with Gasteiger partial charge in [-0.15, -0.1) is 0 Å². The van der Waals surface area contributed by atoms with Gasteiger partial charge in [0, 0.05) is 35.4 Å². The van der Waals surface area contributed by atoms with Gasteiger partial charge in [-0.2, -0.15) is 5.10 Å². The molecule has 2 aromatic carbocycles. The minimum Gasteiger partial charge on any atom is -0.481 e. The molecule has 2 N–H and O–H groups in total. The number of carboxylic acid groups (broad SMARTS) is 1. The number of aryl methyl sites for hydroxylation is 3. The van der Waals surface area contributed by atoms with Crippen LogP contribution in [0.15, 0.2) is 73.1 Å². The number of fused-ring (bicyclic) bond motifs is 3. The van der Waals surface area contributed by atoms with E-state index in [-0.39, 0.29) is 6.42 Å². The SMILES string of the molecule is O=C(O)CC(c1cnc2ccccc2c1)n1cc2ccc(CCc3ccc4c(n3)NCCC4)cc2n1. The van der Waals surface area contributed by atoms with Crippen molar-refractivity contribution in [2.45, 2.75) is 38.1 Å². The third-order valence-electron chi connectivity index (χ3n) is 6.89.